The number of hydrogen-bond acceptors (Lipinski definition) is 2. The lowest BCUT2D eigenvalue weighted by atomic mass is 9.67. The van der Waals surface area contributed by atoms with Gasteiger partial charge in [-0.1, -0.05) is 49.6 Å². The van der Waals surface area contributed by atoms with Gasteiger partial charge >= 0.3 is 0 Å². The summed E-state index contributed by atoms with van der Waals surface area (Å²) in [6.45, 7) is 0.906. The summed E-state index contributed by atoms with van der Waals surface area (Å²) in [5.41, 5.74) is 4.87. The van der Waals surface area contributed by atoms with Crippen LogP contribution in [0.4, 0.5) is 0 Å². The van der Waals surface area contributed by atoms with Gasteiger partial charge in [0.1, 0.15) is 0 Å². The third-order valence-corrected chi connectivity index (χ3v) is 7.84. The van der Waals surface area contributed by atoms with Crippen molar-refractivity contribution in [3.05, 3.63) is 65.5 Å². The van der Waals surface area contributed by atoms with Crippen molar-refractivity contribution in [3.8, 4) is 0 Å². The third kappa shape index (κ3) is 3.41. The smallest absolute Gasteiger partial charge is 0.0691 e. The van der Waals surface area contributed by atoms with E-state index < -0.39 is 0 Å². The molecule has 1 aliphatic heterocycles. The first kappa shape index (κ1) is 18.4. The Bertz CT molecular complexity index is 795. The highest BCUT2D eigenvalue weighted by Gasteiger charge is 2.48. The van der Waals surface area contributed by atoms with E-state index in [9.17, 15) is 0 Å². The molecule has 1 saturated carbocycles. The van der Waals surface area contributed by atoms with Gasteiger partial charge < -0.3 is 4.74 Å². The maximum Gasteiger partial charge on any atom is 0.0691 e. The monoisotopic (exact) mass is 375 g/mol. The molecule has 1 saturated heterocycles. The van der Waals surface area contributed by atoms with E-state index in [1.165, 1.54) is 69.9 Å². The number of nitrogens with zero attached hydrogens (tertiary/aromatic N) is 1. The van der Waals surface area contributed by atoms with E-state index in [-0.39, 0.29) is 11.0 Å². The molecular formula is C26H33NO. The Morgan fingerprint density at radius 1 is 1.00 bits per heavy atom. The minimum Gasteiger partial charge on any atom is -0.375 e. The van der Waals surface area contributed by atoms with Crippen molar-refractivity contribution in [2.75, 3.05) is 6.61 Å². The first-order valence-corrected chi connectivity index (χ1v) is 11.4. The molecule has 2 heteroatoms. The second-order valence-corrected chi connectivity index (χ2v) is 9.49. The SMILES string of the molecule is c1ccc([C@]2(CCC[C@H]3CCc4ccccc43)CCOC3(CCCC3)C2)nc1. The van der Waals surface area contributed by atoms with Gasteiger partial charge in [-0.05, 0) is 80.5 Å². The molecule has 2 nitrogen and oxygen atoms in total. The highest BCUT2D eigenvalue weighted by Crippen LogP contribution is 2.50. The van der Waals surface area contributed by atoms with Crippen molar-refractivity contribution in [3.63, 3.8) is 0 Å². The summed E-state index contributed by atoms with van der Waals surface area (Å²) in [5, 5.41) is 0. The van der Waals surface area contributed by atoms with Gasteiger partial charge in [-0.15, -0.1) is 0 Å². The molecule has 1 aromatic heterocycles. The van der Waals surface area contributed by atoms with Crippen molar-refractivity contribution < 1.29 is 4.74 Å². The average Bonchev–Trinajstić information content (AvgIpc) is 3.36. The summed E-state index contributed by atoms with van der Waals surface area (Å²) < 4.78 is 6.40. The molecule has 0 N–H and O–H groups in total. The zero-order valence-corrected chi connectivity index (χ0v) is 17.0. The maximum atomic E-state index is 6.40. The van der Waals surface area contributed by atoms with Crippen LogP contribution in [0.2, 0.25) is 0 Å². The highest BCUT2D eigenvalue weighted by molar-refractivity contribution is 5.34. The summed E-state index contributed by atoms with van der Waals surface area (Å²) in [5.74, 6) is 0.761. The predicted octanol–water partition coefficient (Wildman–Crippen LogP) is 6.34. The highest BCUT2D eigenvalue weighted by atomic mass is 16.5. The molecule has 2 heterocycles. The fourth-order valence-corrected chi connectivity index (χ4v) is 6.43. The molecule has 1 aromatic carbocycles. The number of fused-ring (bicyclic) bond motifs is 1. The van der Waals surface area contributed by atoms with Crippen LogP contribution >= 0.6 is 0 Å². The third-order valence-electron chi connectivity index (χ3n) is 7.84. The van der Waals surface area contributed by atoms with Gasteiger partial charge in [0, 0.05) is 23.9 Å². The number of ether oxygens (including phenoxy) is 1. The fourth-order valence-electron chi connectivity index (χ4n) is 6.43. The van der Waals surface area contributed by atoms with Crippen molar-refractivity contribution in [2.45, 2.75) is 87.6 Å². The standard InChI is InChI=1S/C26H33NO/c1-2-10-23-21(8-1)12-13-22(23)9-7-14-25(24-11-3-6-18-27-24)17-19-28-26(20-25)15-4-5-16-26/h1-3,6,8,10-11,18,22H,4-5,7,9,12-17,19-20H2/t22-,25+/m0/s1. The Morgan fingerprint density at radius 2 is 1.86 bits per heavy atom. The Balaban J connectivity index is 1.33. The minimum atomic E-state index is 0.135. The van der Waals surface area contributed by atoms with Crippen LogP contribution in [0.3, 0.4) is 0 Å². The van der Waals surface area contributed by atoms with E-state index in [0.29, 0.717) is 0 Å². The van der Waals surface area contributed by atoms with Crippen molar-refractivity contribution in [2.24, 2.45) is 0 Å². The van der Waals surface area contributed by atoms with Crippen LogP contribution in [0.1, 0.15) is 86.9 Å². The van der Waals surface area contributed by atoms with Gasteiger partial charge in [0.25, 0.3) is 0 Å². The lowest BCUT2D eigenvalue weighted by Crippen LogP contribution is -2.46. The van der Waals surface area contributed by atoms with Gasteiger partial charge in [0.2, 0.25) is 0 Å². The quantitative estimate of drug-likeness (QED) is 0.608. The molecule has 2 fully saturated rings. The van der Waals surface area contributed by atoms with Gasteiger partial charge in [-0.25, -0.2) is 0 Å². The van der Waals surface area contributed by atoms with E-state index in [1.807, 2.05) is 6.20 Å². The summed E-state index contributed by atoms with van der Waals surface area (Å²) >= 11 is 0. The Hall–Kier alpha value is -1.67. The van der Waals surface area contributed by atoms with Crippen LogP contribution < -0.4 is 0 Å². The van der Waals surface area contributed by atoms with Crippen LogP contribution in [-0.4, -0.2) is 17.2 Å². The second kappa shape index (κ2) is 7.63. The van der Waals surface area contributed by atoms with E-state index in [2.05, 4.69) is 42.5 Å². The zero-order valence-electron chi connectivity index (χ0n) is 17.0. The minimum absolute atomic E-state index is 0.135. The molecule has 28 heavy (non-hydrogen) atoms. The largest absolute Gasteiger partial charge is 0.375 e. The zero-order chi connectivity index (χ0) is 18.9. The lowest BCUT2D eigenvalue weighted by molar-refractivity contribution is -0.105. The fraction of sp³-hybridized carbons (Fsp3) is 0.577. The molecule has 1 spiro atoms. The molecule has 2 aliphatic carbocycles. The van der Waals surface area contributed by atoms with Crippen LogP contribution in [-0.2, 0) is 16.6 Å². The molecule has 5 rings (SSSR count). The van der Waals surface area contributed by atoms with Crippen molar-refractivity contribution in [1.82, 2.24) is 4.98 Å². The first-order chi connectivity index (χ1) is 13.8. The lowest BCUT2D eigenvalue weighted by Gasteiger charge is -2.46. The number of hydrogen-bond donors (Lipinski definition) is 0. The summed E-state index contributed by atoms with van der Waals surface area (Å²) in [6.07, 6.45) is 15.9. The van der Waals surface area contributed by atoms with Crippen molar-refractivity contribution in [1.29, 1.82) is 0 Å². The number of benzene rings is 1. The number of rotatable bonds is 5. The molecule has 2 atom stereocenters. The Labute approximate surface area is 169 Å². The normalized spacial score (nSPS) is 28.5. The van der Waals surface area contributed by atoms with Gasteiger partial charge in [0.05, 0.1) is 5.60 Å². The maximum absolute atomic E-state index is 6.40. The Morgan fingerprint density at radius 3 is 2.71 bits per heavy atom. The number of aromatic nitrogens is 1. The van der Waals surface area contributed by atoms with Gasteiger partial charge in [0.15, 0.2) is 0 Å². The van der Waals surface area contributed by atoms with Crippen LogP contribution in [0.5, 0.6) is 0 Å². The van der Waals surface area contributed by atoms with Gasteiger partial charge in [-0.2, -0.15) is 0 Å². The molecular weight excluding hydrogens is 342 g/mol. The Kier molecular flexibility index (Phi) is 5.00. The molecule has 0 radical (unpaired) electrons. The molecule has 2 aromatic rings. The van der Waals surface area contributed by atoms with Crippen LogP contribution in [0.15, 0.2) is 48.7 Å². The summed E-state index contributed by atoms with van der Waals surface area (Å²) in [6, 6.07) is 15.6. The predicted molar refractivity (Wildman–Crippen MR) is 114 cm³/mol. The van der Waals surface area contributed by atoms with Crippen LogP contribution in [0.25, 0.3) is 0 Å². The average molecular weight is 376 g/mol. The molecule has 0 amide bonds. The second-order valence-electron chi connectivity index (χ2n) is 9.49. The topological polar surface area (TPSA) is 22.1 Å². The number of aryl methyl sites for hydroxylation is 1. The number of pyridine rings is 1. The molecule has 3 aliphatic rings. The molecule has 0 unspecified atom stereocenters. The van der Waals surface area contributed by atoms with E-state index in [0.717, 1.165) is 18.9 Å². The summed E-state index contributed by atoms with van der Waals surface area (Å²) in [7, 11) is 0. The van der Waals surface area contributed by atoms with Crippen molar-refractivity contribution >= 4 is 0 Å². The molecule has 0 bridgehead atoms. The van der Waals surface area contributed by atoms with E-state index in [1.54, 1.807) is 11.1 Å². The van der Waals surface area contributed by atoms with Gasteiger partial charge in [-0.3, -0.25) is 4.98 Å². The summed E-state index contributed by atoms with van der Waals surface area (Å²) in [4.78, 5) is 4.86. The molecule has 148 valence electrons. The van der Waals surface area contributed by atoms with E-state index in [4.69, 9.17) is 9.72 Å². The first-order valence-electron chi connectivity index (χ1n) is 11.4. The van der Waals surface area contributed by atoms with Crippen LogP contribution in [0, 0.1) is 0 Å². The van der Waals surface area contributed by atoms with E-state index >= 15 is 0 Å².